The lowest BCUT2D eigenvalue weighted by Gasteiger charge is -2.05. The van der Waals surface area contributed by atoms with Crippen LogP contribution < -0.4 is 0 Å². The number of unbranched alkanes of at least 4 members (excludes halogenated alkanes) is 4. The molecule has 2 N–H and O–H groups in total. The number of carboxylic acids is 2. The highest BCUT2D eigenvalue weighted by molar-refractivity contribution is 5.66. The second-order valence-corrected chi connectivity index (χ2v) is 4.63. The van der Waals surface area contributed by atoms with Gasteiger partial charge >= 0.3 is 11.9 Å². The van der Waals surface area contributed by atoms with Gasteiger partial charge in [-0.05, 0) is 25.7 Å². The van der Waals surface area contributed by atoms with Crippen LogP contribution in [0.15, 0.2) is 0 Å². The summed E-state index contributed by atoms with van der Waals surface area (Å²) < 4.78 is 10.7. The van der Waals surface area contributed by atoms with Gasteiger partial charge in [-0.1, -0.05) is 12.8 Å². The zero-order chi connectivity index (χ0) is 15.1. The number of carboxylic acid groups (broad SMARTS) is 2. The van der Waals surface area contributed by atoms with Crippen LogP contribution in [0.1, 0.15) is 51.4 Å². The lowest BCUT2D eigenvalue weighted by molar-refractivity contribution is -0.138. The Morgan fingerprint density at radius 3 is 1.35 bits per heavy atom. The highest BCUT2D eigenvalue weighted by atomic mass is 16.5. The van der Waals surface area contributed by atoms with Gasteiger partial charge in [0.2, 0.25) is 0 Å². The Kier molecular flexibility index (Phi) is 13.5. The standard InChI is InChI=1S/C14H26O6/c15-13(16)7-3-1-5-9-19-11-12-20-10-6-2-4-8-14(17)18/h1-12H2,(H,15,16)(H,17,18). The van der Waals surface area contributed by atoms with Crippen molar-refractivity contribution >= 4 is 11.9 Å². The normalized spacial score (nSPS) is 10.6. The van der Waals surface area contributed by atoms with Crippen LogP contribution in [0.25, 0.3) is 0 Å². The summed E-state index contributed by atoms with van der Waals surface area (Å²) in [5.41, 5.74) is 0. The molecule has 0 spiro atoms. The van der Waals surface area contributed by atoms with Crippen LogP contribution in [0.3, 0.4) is 0 Å². The van der Waals surface area contributed by atoms with Gasteiger partial charge in [-0.3, -0.25) is 9.59 Å². The number of aliphatic carboxylic acids is 2. The minimum absolute atomic E-state index is 0.227. The molecule has 0 bridgehead atoms. The van der Waals surface area contributed by atoms with Crippen molar-refractivity contribution in [2.24, 2.45) is 0 Å². The number of rotatable bonds is 15. The molecule has 20 heavy (non-hydrogen) atoms. The Bertz CT molecular complexity index is 228. The molecule has 0 saturated heterocycles. The van der Waals surface area contributed by atoms with Crippen molar-refractivity contribution in [1.82, 2.24) is 0 Å². The zero-order valence-corrected chi connectivity index (χ0v) is 12.0. The van der Waals surface area contributed by atoms with E-state index in [2.05, 4.69) is 0 Å². The fraction of sp³-hybridized carbons (Fsp3) is 0.857. The Balaban J connectivity index is 2.99. The minimum Gasteiger partial charge on any atom is -0.481 e. The van der Waals surface area contributed by atoms with Gasteiger partial charge in [0.25, 0.3) is 0 Å². The summed E-state index contributed by atoms with van der Waals surface area (Å²) in [6.07, 6.45) is 5.35. The van der Waals surface area contributed by atoms with Crippen molar-refractivity contribution in [3.05, 3.63) is 0 Å². The monoisotopic (exact) mass is 290 g/mol. The second-order valence-electron chi connectivity index (χ2n) is 4.63. The highest BCUT2D eigenvalue weighted by Gasteiger charge is 1.97. The Morgan fingerprint density at radius 1 is 0.600 bits per heavy atom. The molecule has 0 rings (SSSR count). The number of carbonyl (C=O) groups is 2. The van der Waals surface area contributed by atoms with Gasteiger partial charge in [0, 0.05) is 26.1 Å². The smallest absolute Gasteiger partial charge is 0.303 e. The van der Waals surface area contributed by atoms with E-state index in [4.69, 9.17) is 19.7 Å². The van der Waals surface area contributed by atoms with Gasteiger partial charge in [-0.25, -0.2) is 0 Å². The summed E-state index contributed by atoms with van der Waals surface area (Å²) in [4.78, 5) is 20.5. The lowest BCUT2D eigenvalue weighted by atomic mass is 10.2. The Labute approximate surface area is 120 Å². The fourth-order valence-electron chi connectivity index (χ4n) is 1.64. The zero-order valence-electron chi connectivity index (χ0n) is 12.0. The maximum Gasteiger partial charge on any atom is 0.303 e. The summed E-state index contributed by atoms with van der Waals surface area (Å²) >= 11 is 0. The van der Waals surface area contributed by atoms with Gasteiger partial charge in [0.1, 0.15) is 0 Å². The first-order valence-electron chi connectivity index (χ1n) is 7.22. The van der Waals surface area contributed by atoms with E-state index < -0.39 is 11.9 Å². The summed E-state index contributed by atoms with van der Waals surface area (Å²) in [6, 6.07) is 0. The van der Waals surface area contributed by atoms with Crippen LogP contribution in [0.5, 0.6) is 0 Å². The predicted octanol–water partition coefficient (Wildman–Crippen LogP) is 2.31. The first-order chi connectivity index (χ1) is 9.63. The van der Waals surface area contributed by atoms with Crippen molar-refractivity contribution in [2.45, 2.75) is 51.4 Å². The molecule has 118 valence electrons. The summed E-state index contributed by atoms with van der Waals surface area (Å²) in [7, 11) is 0. The predicted molar refractivity (Wildman–Crippen MR) is 73.8 cm³/mol. The SMILES string of the molecule is O=C(O)CCCCCOCCOCCCCCC(=O)O. The first kappa shape index (κ1) is 18.9. The van der Waals surface area contributed by atoms with Crippen molar-refractivity contribution in [2.75, 3.05) is 26.4 Å². The first-order valence-corrected chi connectivity index (χ1v) is 7.22. The molecule has 0 saturated carbocycles. The third-order valence-corrected chi connectivity index (χ3v) is 2.73. The molecule has 0 aliphatic rings. The van der Waals surface area contributed by atoms with Crippen molar-refractivity contribution in [3.63, 3.8) is 0 Å². The maximum atomic E-state index is 10.3. The maximum absolute atomic E-state index is 10.3. The average molecular weight is 290 g/mol. The molecule has 0 radical (unpaired) electrons. The molecule has 0 aromatic carbocycles. The summed E-state index contributed by atoms with van der Waals surface area (Å²) in [6.45, 7) is 2.38. The largest absolute Gasteiger partial charge is 0.481 e. The van der Waals surface area contributed by atoms with Gasteiger partial charge in [-0.15, -0.1) is 0 Å². The van der Waals surface area contributed by atoms with E-state index in [1.165, 1.54) is 0 Å². The Morgan fingerprint density at radius 2 is 1.00 bits per heavy atom. The fourth-order valence-corrected chi connectivity index (χ4v) is 1.64. The van der Waals surface area contributed by atoms with Gasteiger partial charge < -0.3 is 19.7 Å². The number of hydrogen-bond acceptors (Lipinski definition) is 4. The van der Waals surface area contributed by atoms with Gasteiger partial charge in [0.05, 0.1) is 13.2 Å². The minimum atomic E-state index is -0.748. The van der Waals surface area contributed by atoms with E-state index in [9.17, 15) is 9.59 Å². The molecular formula is C14H26O6. The van der Waals surface area contributed by atoms with Crippen molar-refractivity contribution in [3.8, 4) is 0 Å². The van der Waals surface area contributed by atoms with Crippen molar-refractivity contribution in [1.29, 1.82) is 0 Å². The van der Waals surface area contributed by atoms with E-state index >= 15 is 0 Å². The van der Waals surface area contributed by atoms with E-state index in [1.807, 2.05) is 0 Å². The molecule has 0 fully saturated rings. The van der Waals surface area contributed by atoms with Crippen LogP contribution in [0.4, 0.5) is 0 Å². The molecule has 0 aromatic rings. The highest BCUT2D eigenvalue weighted by Crippen LogP contribution is 2.01. The molecule has 0 aromatic heterocycles. The van der Waals surface area contributed by atoms with Crippen LogP contribution >= 0.6 is 0 Å². The quantitative estimate of drug-likeness (QED) is 0.450. The average Bonchev–Trinajstić information content (AvgIpc) is 2.38. The molecule has 6 heteroatoms. The Hall–Kier alpha value is -1.14. The molecule has 0 heterocycles. The summed E-state index contributed by atoms with van der Waals surface area (Å²) in [5, 5.41) is 16.9. The molecule has 6 nitrogen and oxygen atoms in total. The second kappa shape index (κ2) is 14.3. The van der Waals surface area contributed by atoms with Gasteiger partial charge in [0.15, 0.2) is 0 Å². The van der Waals surface area contributed by atoms with E-state index in [-0.39, 0.29) is 12.8 Å². The van der Waals surface area contributed by atoms with Crippen LogP contribution in [0.2, 0.25) is 0 Å². The molecule has 0 aliphatic heterocycles. The third kappa shape index (κ3) is 16.9. The molecule has 0 aliphatic carbocycles. The molecule has 0 amide bonds. The summed E-state index contributed by atoms with van der Waals surface area (Å²) in [5.74, 6) is -1.50. The van der Waals surface area contributed by atoms with Crippen LogP contribution in [-0.4, -0.2) is 48.6 Å². The molecule has 0 unspecified atom stereocenters. The molecular weight excluding hydrogens is 264 g/mol. The third-order valence-electron chi connectivity index (χ3n) is 2.73. The lowest BCUT2D eigenvalue weighted by Crippen LogP contribution is -2.06. The number of hydrogen-bond donors (Lipinski definition) is 2. The molecule has 0 atom stereocenters. The topological polar surface area (TPSA) is 93.1 Å². The van der Waals surface area contributed by atoms with Crippen LogP contribution in [-0.2, 0) is 19.1 Å². The van der Waals surface area contributed by atoms with Gasteiger partial charge in [-0.2, -0.15) is 0 Å². The van der Waals surface area contributed by atoms with E-state index in [1.54, 1.807) is 0 Å². The van der Waals surface area contributed by atoms with E-state index in [0.717, 1.165) is 25.7 Å². The van der Waals surface area contributed by atoms with E-state index in [0.29, 0.717) is 39.3 Å². The van der Waals surface area contributed by atoms with Crippen LogP contribution in [0, 0.1) is 0 Å². The number of ether oxygens (including phenoxy) is 2. The van der Waals surface area contributed by atoms with Crippen molar-refractivity contribution < 1.29 is 29.3 Å².